The van der Waals surface area contributed by atoms with Crippen LogP contribution in [0.1, 0.15) is 52.3 Å². The number of aromatic nitrogens is 1. The van der Waals surface area contributed by atoms with E-state index in [-0.39, 0.29) is 31.5 Å². The molecule has 42 heavy (non-hydrogen) atoms. The molecule has 3 aromatic rings. The zero-order valence-electron chi connectivity index (χ0n) is 25.1. The Morgan fingerprint density at radius 2 is 1.64 bits per heavy atom. The summed E-state index contributed by atoms with van der Waals surface area (Å²) in [6.07, 6.45) is -0.941. The van der Waals surface area contributed by atoms with Crippen molar-refractivity contribution in [3.05, 3.63) is 78.0 Å². The van der Waals surface area contributed by atoms with E-state index in [9.17, 15) is 19.5 Å². The minimum absolute atomic E-state index is 0.0756. The van der Waals surface area contributed by atoms with Gasteiger partial charge in [-0.05, 0) is 38.0 Å². The fourth-order valence-corrected chi connectivity index (χ4v) is 4.34. The number of primary amides is 1. The Kier molecular flexibility index (Phi) is 11.6. The number of hydrazine groups is 1. The summed E-state index contributed by atoms with van der Waals surface area (Å²) in [6, 6.07) is 19.3. The molecular weight excluding hydrogens is 532 g/mol. The second kappa shape index (κ2) is 14.9. The summed E-state index contributed by atoms with van der Waals surface area (Å²) >= 11 is 0. The smallest absolute Gasteiger partial charge is 0.239 e. The molecule has 0 radical (unpaired) electrons. The zero-order chi connectivity index (χ0) is 30.9. The van der Waals surface area contributed by atoms with Gasteiger partial charge in [0.25, 0.3) is 0 Å². The van der Waals surface area contributed by atoms with Crippen molar-refractivity contribution in [3.8, 4) is 0 Å². The first-order chi connectivity index (χ1) is 19.8. The van der Waals surface area contributed by atoms with Crippen molar-refractivity contribution in [2.45, 2.75) is 78.2 Å². The number of pyridine rings is 1. The third kappa shape index (κ3) is 9.90. The van der Waals surface area contributed by atoms with Gasteiger partial charge in [-0.2, -0.15) is 0 Å². The molecule has 0 aliphatic rings. The highest BCUT2D eigenvalue weighted by Gasteiger charge is 2.31. The molecule has 0 unspecified atom stereocenters. The number of rotatable bonds is 14. The number of nitrogens with zero attached hydrogens (tertiary/aromatic N) is 2. The molecule has 3 atom stereocenters. The van der Waals surface area contributed by atoms with Gasteiger partial charge in [-0.15, -0.1) is 0 Å². The first kappa shape index (κ1) is 32.7. The van der Waals surface area contributed by atoms with Gasteiger partial charge in [0.1, 0.15) is 0 Å². The van der Waals surface area contributed by atoms with E-state index in [1.54, 1.807) is 5.01 Å². The van der Waals surface area contributed by atoms with Crippen LogP contribution in [-0.2, 0) is 27.3 Å². The molecule has 10 heteroatoms. The number of carbonyl (C=O) groups is 3. The van der Waals surface area contributed by atoms with Crippen LogP contribution < -0.4 is 21.8 Å². The summed E-state index contributed by atoms with van der Waals surface area (Å²) in [6.45, 7) is 9.58. The molecule has 0 spiro atoms. The Morgan fingerprint density at radius 3 is 2.29 bits per heavy atom. The number of amides is 3. The van der Waals surface area contributed by atoms with Crippen molar-refractivity contribution in [2.24, 2.45) is 11.1 Å². The molecule has 1 aromatic heterocycles. The maximum atomic E-state index is 13.6. The van der Waals surface area contributed by atoms with Crippen molar-refractivity contribution >= 4 is 28.6 Å². The van der Waals surface area contributed by atoms with E-state index in [0.717, 1.165) is 16.5 Å². The van der Waals surface area contributed by atoms with Gasteiger partial charge >= 0.3 is 0 Å². The van der Waals surface area contributed by atoms with Crippen LogP contribution in [-0.4, -0.2) is 63.6 Å². The molecule has 0 bridgehead atoms. The second-order valence-corrected chi connectivity index (χ2v) is 11.9. The highest BCUT2D eigenvalue weighted by molar-refractivity contribution is 5.88. The quantitative estimate of drug-likeness (QED) is 0.185. The van der Waals surface area contributed by atoms with Gasteiger partial charge in [0.2, 0.25) is 17.7 Å². The Balaban J connectivity index is 1.77. The predicted octanol–water partition coefficient (Wildman–Crippen LogP) is 2.44. The number of nitrogens with two attached hydrogens (primary N) is 1. The fourth-order valence-electron chi connectivity index (χ4n) is 4.34. The topological polar surface area (TPSA) is 150 Å². The van der Waals surface area contributed by atoms with E-state index in [1.807, 2.05) is 101 Å². The summed E-state index contributed by atoms with van der Waals surface area (Å²) in [4.78, 5) is 42.8. The molecule has 0 aliphatic carbocycles. The van der Waals surface area contributed by atoms with Gasteiger partial charge in [0.05, 0.1) is 35.8 Å². The Morgan fingerprint density at radius 1 is 0.976 bits per heavy atom. The van der Waals surface area contributed by atoms with Crippen LogP contribution in [0.3, 0.4) is 0 Å². The molecule has 3 amide bonds. The van der Waals surface area contributed by atoms with Crippen molar-refractivity contribution in [3.63, 3.8) is 0 Å². The average molecular weight is 577 g/mol. The number of hydrogen-bond donors (Lipinski definition) is 5. The summed E-state index contributed by atoms with van der Waals surface area (Å²) in [5, 5.41) is 20.1. The molecule has 1 heterocycles. The van der Waals surface area contributed by atoms with Crippen molar-refractivity contribution in [2.75, 3.05) is 6.54 Å². The summed E-state index contributed by atoms with van der Waals surface area (Å²) in [5.74, 6) is -1.28. The van der Waals surface area contributed by atoms with Crippen LogP contribution in [0.2, 0.25) is 0 Å². The Bertz CT molecular complexity index is 1340. The lowest BCUT2D eigenvalue weighted by Crippen LogP contribution is -2.58. The van der Waals surface area contributed by atoms with E-state index in [4.69, 9.17) is 5.73 Å². The predicted molar refractivity (Wildman–Crippen MR) is 164 cm³/mol. The van der Waals surface area contributed by atoms with Crippen LogP contribution in [0.25, 0.3) is 10.9 Å². The molecule has 0 saturated carbocycles. The molecule has 2 aromatic carbocycles. The molecule has 226 valence electrons. The van der Waals surface area contributed by atoms with Crippen LogP contribution >= 0.6 is 0 Å². The molecular formula is C32H44N6O4. The van der Waals surface area contributed by atoms with E-state index >= 15 is 0 Å². The number of fused-ring (bicyclic) bond motifs is 1. The minimum Gasteiger partial charge on any atom is -0.390 e. The summed E-state index contributed by atoms with van der Waals surface area (Å²) in [7, 11) is 0. The molecule has 0 fully saturated rings. The third-order valence-corrected chi connectivity index (χ3v) is 6.93. The average Bonchev–Trinajstić information content (AvgIpc) is 2.94. The lowest BCUT2D eigenvalue weighted by molar-refractivity contribution is -0.136. The highest BCUT2D eigenvalue weighted by Crippen LogP contribution is 2.15. The molecule has 0 saturated heterocycles. The van der Waals surface area contributed by atoms with E-state index < -0.39 is 35.4 Å². The van der Waals surface area contributed by atoms with Crippen LogP contribution in [0.4, 0.5) is 0 Å². The standard InChI is InChI=1S/C32H44N6O4/c1-21(2)38(37-31(42)32(3,4)5)20-28(39)26(17-22-11-7-6-8-12-22)36-30(41)27(18-29(33)40)34-19-24-16-15-23-13-9-10-14-25(23)35-24/h6-16,21,26-28,34,39H,17-20H2,1-5H3,(H2,33,40)(H,36,41)(H,37,42)/t26-,27-,28-/m0/s1. The van der Waals surface area contributed by atoms with Crippen LogP contribution in [0, 0.1) is 5.41 Å². The van der Waals surface area contributed by atoms with Gasteiger partial charge in [0, 0.05) is 29.9 Å². The highest BCUT2D eigenvalue weighted by atomic mass is 16.3. The van der Waals surface area contributed by atoms with E-state index in [1.165, 1.54) is 0 Å². The maximum Gasteiger partial charge on any atom is 0.239 e. The van der Waals surface area contributed by atoms with Crippen molar-refractivity contribution in [1.82, 2.24) is 26.1 Å². The lowest BCUT2D eigenvalue weighted by atomic mass is 9.96. The first-order valence-corrected chi connectivity index (χ1v) is 14.3. The van der Waals surface area contributed by atoms with Crippen molar-refractivity contribution < 1.29 is 19.5 Å². The van der Waals surface area contributed by atoms with E-state index in [2.05, 4.69) is 21.0 Å². The third-order valence-electron chi connectivity index (χ3n) is 6.93. The number of para-hydroxylation sites is 1. The minimum atomic E-state index is -1.05. The number of benzene rings is 2. The number of carbonyl (C=O) groups excluding carboxylic acids is 3. The van der Waals surface area contributed by atoms with Gasteiger partial charge < -0.3 is 16.2 Å². The van der Waals surface area contributed by atoms with E-state index in [0.29, 0.717) is 12.1 Å². The fraction of sp³-hybridized carbons (Fsp3) is 0.438. The van der Waals surface area contributed by atoms with Gasteiger partial charge in [-0.3, -0.25) is 30.1 Å². The molecule has 10 nitrogen and oxygen atoms in total. The monoisotopic (exact) mass is 576 g/mol. The zero-order valence-corrected chi connectivity index (χ0v) is 25.1. The summed E-state index contributed by atoms with van der Waals surface area (Å²) < 4.78 is 0. The number of hydrogen-bond acceptors (Lipinski definition) is 7. The number of aliphatic hydroxyl groups is 1. The molecule has 0 aliphatic heterocycles. The normalized spacial score (nSPS) is 14.0. The summed E-state index contributed by atoms with van der Waals surface area (Å²) in [5.41, 5.74) is 10.2. The number of nitrogens with one attached hydrogen (secondary N) is 3. The first-order valence-electron chi connectivity index (χ1n) is 14.3. The molecule has 6 N–H and O–H groups in total. The van der Waals surface area contributed by atoms with Gasteiger partial charge in [0.15, 0.2) is 0 Å². The van der Waals surface area contributed by atoms with Crippen molar-refractivity contribution in [1.29, 1.82) is 0 Å². The molecule has 3 rings (SSSR count). The second-order valence-electron chi connectivity index (χ2n) is 11.9. The van der Waals surface area contributed by atoms with Crippen LogP contribution in [0.5, 0.6) is 0 Å². The van der Waals surface area contributed by atoms with Gasteiger partial charge in [-0.1, -0.05) is 75.4 Å². The Hall–Kier alpha value is -3.86. The van der Waals surface area contributed by atoms with Gasteiger partial charge in [-0.25, -0.2) is 5.01 Å². The SMILES string of the molecule is CC(C)N(C[C@H](O)[C@H](Cc1ccccc1)NC(=O)[C@H](CC(N)=O)NCc1ccc2ccccc2n1)NC(=O)C(C)(C)C. The lowest BCUT2D eigenvalue weighted by Gasteiger charge is -2.34. The number of aliphatic hydroxyl groups excluding tert-OH is 1. The van der Waals surface area contributed by atoms with Crippen LogP contribution in [0.15, 0.2) is 66.7 Å². The largest absolute Gasteiger partial charge is 0.390 e. The Labute approximate surface area is 248 Å². The maximum absolute atomic E-state index is 13.6.